The lowest BCUT2D eigenvalue weighted by molar-refractivity contribution is 0.198. The predicted octanol–water partition coefficient (Wildman–Crippen LogP) is 2.86. The standard InChI is InChI=1S/C19H32N4O2/c1-5-15-16(18(24)22-21-17(15)6-2)12-20-19(25)23-10-7-8-14(9-11-23)13(3)4/h13-14H,5-12H2,1-4H3,(H,20,25)(H,22,24). The summed E-state index contributed by atoms with van der Waals surface area (Å²) in [7, 11) is 0. The van der Waals surface area contributed by atoms with Crippen LogP contribution < -0.4 is 10.9 Å². The zero-order valence-corrected chi connectivity index (χ0v) is 16.0. The Kier molecular flexibility index (Phi) is 7.02. The number of hydrogen-bond acceptors (Lipinski definition) is 3. The van der Waals surface area contributed by atoms with Gasteiger partial charge in [0.15, 0.2) is 0 Å². The Bertz CT molecular complexity index is 639. The van der Waals surface area contributed by atoms with Crippen molar-refractivity contribution in [2.75, 3.05) is 13.1 Å². The Labute approximate surface area is 150 Å². The van der Waals surface area contributed by atoms with Crippen LogP contribution in [-0.4, -0.2) is 34.2 Å². The second-order valence-corrected chi connectivity index (χ2v) is 7.24. The molecular weight excluding hydrogens is 316 g/mol. The maximum absolute atomic E-state index is 12.6. The van der Waals surface area contributed by atoms with Crippen molar-refractivity contribution in [2.45, 2.75) is 66.3 Å². The second-order valence-electron chi connectivity index (χ2n) is 7.24. The van der Waals surface area contributed by atoms with Crippen LogP contribution in [-0.2, 0) is 19.4 Å². The molecule has 0 radical (unpaired) electrons. The molecular formula is C19H32N4O2. The SMILES string of the molecule is CCc1n[nH]c(=O)c(CNC(=O)N2CCCC(C(C)C)CC2)c1CC. The third-order valence-corrected chi connectivity index (χ3v) is 5.39. The summed E-state index contributed by atoms with van der Waals surface area (Å²) in [4.78, 5) is 26.6. The van der Waals surface area contributed by atoms with E-state index in [1.165, 1.54) is 6.42 Å². The summed E-state index contributed by atoms with van der Waals surface area (Å²) in [6.07, 6.45) is 4.80. The molecule has 0 aliphatic carbocycles. The molecule has 1 unspecified atom stereocenters. The monoisotopic (exact) mass is 348 g/mol. The molecule has 6 heteroatoms. The topological polar surface area (TPSA) is 78.1 Å². The number of urea groups is 1. The van der Waals surface area contributed by atoms with Gasteiger partial charge in [0, 0.05) is 18.7 Å². The molecule has 0 aromatic carbocycles. The highest BCUT2D eigenvalue weighted by atomic mass is 16.2. The Morgan fingerprint density at radius 1 is 1.24 bits per heavy atom. The average molecular weight is 348 g/mol. The molecule has 1 saturated heterocycles. The van der Waals surface area contributed by atoms with Crippen LogP contribution in [0.2, 0.25) is 0 Å². The van der Waals surface area contributed by atoms with E-state index in [1.807, 2.05) is 18.7 Å². The lowest BCUT2D eigenvalue weighted by Gasteiger charge is -2.22. The highest BCUT2D eigenvalue weighted by Crippen LogP contribution is 2.24. The first-order chi connectivity index (χ1) is 12.0. The number of aromatic amines is 1. The molecule has 2 heterocycles. The first-order valence-electron chi connectivity index (χ1n) is 9.59. The number of H-pyrrole nitrogens is 1. The van der Waals surface area contributed by atoms with Gasteiger partial charge in [-0.15, -0.1) is 0 Å². The van der Waals surface area contributed by atoms with Gasteiger partial charge in [-0.25, -0.2) is 9.89 Å². The van der Waals surface area contributed by atoms with Crippen LogP contribution in [0.5, 0.6) is 0 Å². The fourth-order valence-corrected chi connectivity index (χ4v) is 3.73. The Morgan fingerprint density at radius 3 is 2.64 bits per heavy atom. The van der Waals surface area contributed by atoms with Gasteiger partial charge in [-0.05, 0) is 49.5 Å². The predicted molar refractivity (Wildman–Crippen MR) is 99.6 cm³/mol. The van der Waals surface area contributed by atoms with Gasteiger partial charge in [0.2, 0.25) is 0 Å². The van der Waals surface area contributed by atoms with Crippen LogP contribution in [0.1, 0.15) is 63.8 Å². The minimum Gasteiger partial charge on any atom is -0.334 e. The van der Waals surface area contributed by atoms with Crippen LogP contribution in [0.15, 0.2) is 4.79 Å². The number of carbonyl (C=O) groups is 1. The summed E-state index contributed by atoms with van der Waals surface area (Å²) < 4.78 is 0. The van der Waals surface area contributed by atoms with E-state index in [4.69, 9.17) is 0 Å². The van der Waals surface area contributed by atoms with E-state index in [0.717, 1.165) is 50.0 Å². The summed E-state index contributed by atoms with van der Waals surface area (Å²) in [5, 5.41) is 9.62. The molecule has 2 amide bonds. The number of rotatable bonds is 5. The van der Waals surface area contributed by atoms with E-state index >= 15 is 0 Å². The molecule has 140 valence electrons. The van der Waals surface area contributed by atoms with Crippen molar-refractivity contribution in [3.63, 3.8) is 0 Å². The quantitative estimate of drug-likeness (QED) is 0.859. The molecule has 1 fully saturated rings. The van der Waals surface area contributed by atoms with E-state index in [0.29, 0.717) is 17.4 Å². The number of aryl methyl sites for hydroxylation is 1. The van der Waals surface area contributed by atoms with Gasteiger partial charge in [-0.1, -0.05) is 27.7 Å². The Hall–Kier alpha value is -1.85. The van der Waals surface area contributed by atoms with Crippen LogP contribution in [0.3, 0.4) is 0 Å². The van der Waals surface area contributed by atoms with E-state index < -0.39 is 0 Å². The van der Waals surface area contributed by atoms with Crippen LogP contribution in [0.25, 0.3) is 0 Å². The van der Waals surface area contributed by atoms with Crippen molar-refractivity contribution in [1.29, 1.82) is 0 Å². The van der Waals surface area contributed by atoms with E-state index in [9.17, 15) is 9.59 Å². The van der Waals surface area contributed by atoms with Gasteiger partial charge in [-0.2, -0.15) is 5.10 Å². The summed E-state index contributed by atoms with van der Waals surface area (Å²) in [5.74, 6) is 1.36. The van der Waals surface area contributed by atoms with E-state index in [2.05, 4.69) is 29.4 Å². The minimum absolute atomic E-state index is 0.0688. The van der Waals surface area contributed by atoms with Crippen molar-refractivity contribution >= 4 is 6.03 Å². The summed E-state index contributed by atoms with van der Waals surface area (Å²) in [5.41, 5.74) is 2.30. The van der Waals surface area contributed by atoms with Crippen LogP contribution >= 0.6 is 0 Å². The maximum atomic E-state index is 12.6. The van der Waals surface area contributed by atoms with Crippen molar-refractivity contribution in [2.24, 2.45) is 11.8 Å². The van der Waals surface area contributed by atoms with Crippen molar-refractivity contribution in [1.82, 2.24) is 20.4 Å². The third-order valence-electron chi connectivity index (χ3n) is 5.39. The van der Waals surface area contributed by atoms with Gasteiger partial charge in [0.1, 0.15) is 0 Å². The lowest BCUT2D eigenvalue weighted by atomic mass is 9.89. The smallest absolute Gasteiger partial charge is 0.317 e. The second kappa shape index (κ2) is 9.02. The zero-order valence-electron chi connectivity index (χ0n) is 16.0. The molecule has 6 nitrogen and oxygen atoms in total. The number of likely N-dealkylation sites (tertiary alicyclic amines) is 1. The highest BCUT2D eigenvalue weighted by Gasteiger charge is 2.22. The molecule has 0 saturated carbocycles. The Morgan fingerprint density at radius 2 is 2.00 bits per heavy atom. The van der Waals surface area contributed by atoms with Gasteiger partial charge in [0.05, 0.1) is 12.2 Å². The number of amides is 2. The minimum atomic E-state index is -0.204. The normalized spacial score (nSPS) is 18.3. The largest absolute Gasteiger partial charge is 0.334 e. The number of aromatic nitrogens is 2. The number of nitrogens with zero attached hydrogens (tertiary/aromatic N) is 2. The van der Waals surface area contributed by atoms with E-state index in [-0.39, 0.29) is 18.1 Å². The molecule has 1 aliphatic heterocycles. The molecule has 1 aromatic heterocycles. The number of carbonyl (C=O) groups excluding carboxylic acids is 1. The van der Waals surface area contributed by atoms with Gasteiger partial charge < -0.3 is 10.2 Å². The fraction of sp³-hybridized carbons (Fsp3) is 0.737. The molecule has 25 heavy (non-hydrogen) atoms. The van der Waals surface area contributed by atoms with Crippen molar-refractivity contribution in [3.8, 4) is 0 Å². The highest BCUT2D eigenvalue weighted by molar-refractivity contribution is 5.74. The van der Waals surface area contributed by atoms with Crippen molar-refractivity contribution in [3.05, 3.63) is 27.2 Å². The zero-order chi connectivity index (χ0) is 18.4. The molecule has 1 aliphatic rings. The number of hydrogen-bond donors (Lipinski definition) is 2. The van der Waals surface area contributed by atoms with Gasteiger partial charge in [0.25, 0.3) is 5.56 Å². The molecule has 1 atom stereocenters. The molecule has 2 N–H and O–H groups in total. The summed E-state index contributed by atoms with van der Waals surface area (Å²) >= 11 is 0. The third kappa shape index (κ3) is 4.83. The van der Waals surface area contributed by atoms with Crippen molar-refractivity contribution < 1.29 is 4.79 Å². The van der Waals surface area contributed by atoms with Crippen LogP contribution in [0, 0.1) is 11.8 Å². The lowest BCUT2D eigenvalue weighted by Crippen LogP contribution is -2.41. The Balaban J connectivity index is 2.02. The number of nitrogens with one attached hydrogen (secondary N) is 2. The first-order valence-corrected chi connectivity index (χ1v) is 9.59. The summed E-state index contributed by atoms with van der Waals surface area (Å²) in [6.45, 7) is 10.4. The first kappa shape index (κ1) is 19.5. The molecule has 2 rings (SSSR count). The molecule has 0 bridgehead atoms. The molecule has 1 aromatic rings. The van der Waals surface area contributed by atoms with Gasteiger partial charge in [-0.3, -0.25) is 4.79 Å². The van der Waals surface area contributed by atoms with Gasteiger partial charge >= 0.3 is 6.03 Å². The maximum Gasteiger partial charge on any atom is 0.317 e. The van der Waals surface area contributed by atoms with E-state index in [1.54, 1.807) is 0 Å². The summed E-state index contributed by atoms with van der Waals surface area (Å²) in [6, 6.07) is -0.0688. The fourth-order valence-electron chi connectivity index (χ4n) is 3.73. The van der Waals surface area contributed by atoms with Crippen LogP contribution in [0.4, 0.5) is 4.79 Å². The molecule has 0 spiro atoms. The average Bonchev–Trinajstić information content (AvgIpc) is 2.86.